The Hall–Kier alpha value is -0.260. The van der Waals surface area contributed by atoms with Gasteiger partial charge in [0.15, 0.2) is 0 Å². The van der Waals surface area contributed by atoms with Crippen LogP contribution >= 0.6 is 15.9 Å². The molecular weight excluding hydrogens is 300 g/mol. The molecule has 2 atom stereocenters. The van der Waals surface area contributed by atoms with Crippen LogP contribution in [0.15, 0.2) is 16.7 Å². The lowest BCUT2D eigenvalue weighted by Gasteiger charge is -2.25. The number of nitrogens with two attached hydrogens (primary N) is 1. The molecule has 0 radical (unpaired) electrons. The van der Waals surface area contributed by atoms with Gasteiger partial charge in [-0.05, 0) is 66.7 Å². The fourth-order valence-electron chi connectivity index (χ4n) is 1.83. The van der Waals surface area contributed by atoms with Gasteiger partial charge in [0.2, 0.25) is 0 Å². The van der Waals surface area contributed by atoms with Crippen molar-refractivity contribution in [2.24, 2.45) is 5.14 Å². The van der Waals surface area contributed by atoms with E-state index in [1.807, 2.05) is 26.8 Å². The molecule has 1 heterocycles. The van der Waals surface area contributed by atoms with Crippen molar-refractivity contribution in [3.05, 3.63) is 28.0 Å². The largest absolute Gasteiger partial charge is 0.251 e. The third-order valence-electron chi connectivity index (χ3n) is 2.81. The van der Waals surface area contributed by atoms with E-state index in [-0.39, 0.29) is 5.92 Å². The summed E-state index contributed by atoms with van der Waals surface area (Å²) in [5, 5.41) is 5.50. The summed E-state index contributed by atoms with van der Waals surface area (Å²) in [5.74, 6) is 0.230. The smallest absolute Gasteiger partial charge is 0.106 e. The highest BCUT2D eigenvalue weighted by Gasteiger charge is 2.27. The van der Waals surface area contributed by atoms with Crippen LogP contribution in [0.25, 0.3) is 0 Å². The third kappa shape index (κ3) is 4.16. The Labute approximate surface area is 114 Å². The lowest BCUT2D eigenvalue weighted by molar-refractivity contribution is 0.533. The molecule has 17 heavy (non-hydrogen) atoms. The summed E-state index contributed by atoms with van der Waals surface area (Å²) in [7, 11) is -1.32. The van der Waals surface area contributed by atoms with Crippen LogP contribution < -0.4 is 5.14 Å². The number of nitrogens with zero attached hydrogens (tertiary/aromatic N) is 1. The summed E-state index contributed by atoms with van der Waals surface area (Å²) in [4.78, 5) is 4.45. The highest BCUT2D eigenvalue weighted by atomic mass is 79.9. The van der Waals surface area contributed by atoms with Crippen molar-refractivity contribution in [1.29, 1.82) is 0 Å². The van der Waals surface area contributed by atoms with Crippen molar-refractivity contribution in [3.63, 3.8) is 0 Å². The van der Waals surface area contributed by atoms with E-state index in [9.17, 15) is 4.21 Å². The zero-order valence-corrected chi connectivity index (χ0v) is 13.1. The first kappa shape index (κ1) is 14.8. The average Bonchev–Trinajstić information content (AvgIpc) is 2.15. The second-order valence-electron chi connectivity index (χ2n) is 5.05. The van der Waals surface area contributed by atoms with E-state index in [2.05, 4.69) is 33.9 Å². The zero-order chi connectivity index (χ0) is 13.2. The van der Waals surface area contributed by atoms with Crippen LogP contribution in [0.5, 0.6) is 0 Å². The molecule has 0 aliphatic heterocycles. The van der Waals surface area contributed by atoms with E-state index in [1.165, 1.54) is 5.56 Å². The van der Waals surface area contributed by atoms with Crippen molar-refractivity contribution in [2.75, 3.05) is 0 Å². The van der Waals surface area contributed by atoms with Gasteiger partial charge in [0.25, 0.3) is 0 Å². The third-order valence-corrected chi connectivity index (χ3v) is 4.47. The van der Waals surface area contributed by atoms with E-state index in [0.29, 0.717) is 0 Å². The van der Waals surface area contributed by atoms with Gasteiger partial charge in [0, 0.05) is 5.69 Å². The molecule has 0 aromatic carbocycles. The fraction of sp³-hybridized carbons (Fsp3) is 0.583. The molecule has 1 aromatic rings. The quantitative estimate of drug-likeness (QED) is 0.867. The molecule has 0 saturated carbocycles. The van der Waals surface area contributed by atoms with Crippen molar-refractivity contribution in [1.82, 2.24) is 4.98 Å². The Balaban J connectivity index is 2.90. The SMILES string of the molecule is Cc1cc(Br)nc([C@H](C)CC(C)(C)S(N)=O)c1. The Kier molecular flexibility index (Phi) is 4.86. The van der Waals surface area contributed by atoms with Crippen LogP contribution in [0.3, 0.4) is 0 Å². The van der Waals surface area contributed by atoms with Crippen LogP contribution in [-0.4, -0.2) is 13.9 Å². The number of aryl methyl sites for hydroxylation is 1. The first-order chi connectivity index (χ1) is 7.72. The molecule has 1 unspecified atom stereocenters. The standard InChI is InChI=1S/C12H19BrN2OS/c1-8-5-10(15-11(13)6-8)9(2)7-12(3,4)17(14)16/h5-6,9H,7,14H2,1-4H3/t9-,17?/m1/s1. The molecule has 1 rings (SSSR count). The van der Waals surface area contributed by atoms with E-state index in [1.54, 1.807) is 0 Å². The molecule has 0 saturated heterocycles. The minimum atomic E-state index is -1.32. The van der Waals surface area contributed by atoms with Crippen LogP contribution in [-0.2, 0) is 11.0 Å². The maximum absolute atomic E-state index is 11.4. The van der Waals surface area contributed by atoms with Crippen LogP contribution in [0, 0.1) is 6.92 Å². The monoisotopic (exact) mass is 318 g/mol. The zero-order valence-electron chi connectivity index (χ0n) is 10.7. The minimum absolute atomic E-state index is 0.230. The van der Waals surface area contributed by atoms with Gasteiger partial charge in [-0.1, -0.05) is 6.92 Å². The Morgan fingerprint density at radius 1 is 1.53 bits per heavy atom. The number of aromatic nitrogens is 1. The summed E-state index contributed by atoms with van der Waals surface area (Å²) in [6.07, 6.45) is 0.749. The first-order valence-electron chi connectivity index (χ1n) is 5.53. The molecule has 0 aliphatic carbocycles. The molecule has 0 amide bonds. The number of hydrogen-bond donors (Lipinski definition) is 1. The molecule has 96 valence electrons. The van der Waals surface area contributed by atoms with E-state index >= 15 is 0 Å². The van der Waals surface area contributed by atoms with Gasteiger partial charge in [-0.25, -0.2) is 9.19 Å². The highest BCUT2D eigenvalue weighted by molar-refractivity contribution is 9.10. The van der Waals surface area contributed by atoms with Gasteiger partial charge in [-0.15, -0.1) is 0 Å². The Morgan fingerprint density at radius 3 is 2.59 bits per heavy atom. The summed E-state index contributed by atoms with van der Waals surface area (Å²) in [6, 6.07) is 4.04. The summed E-state index contributed by atoms with van der Waals surface area (Å²) >= 11 is 3.39. The first-order valence-corrected chi connectivity index (χ1v) is 7.53. The van der Waals surface area contributed by atoms with Crippen molar-refractivity contribution in [2.45, 2.75) is 44.8 Å². The van der Waals surface area contributed by atoms with Crippen molar-refractivity contribution >= 4 is 26.9 Å². The molecule has 0 bridgehead atoms. The number of halogens is 1. The van der Waals surface area contributed by atoms with Gasteiger partial charge < -0.3 is 0 Å². The predicted octanol–water partition coefficient (Wildman–Crippen LogP) is 3.05. The molecule has 0 spiro atoms. The molecule has 0 aliphatic rings. The number of rotatable bonds is 4. The van der Waals surface area contributed by atoms with Gasteiger partial charge in [0.1, 0.15) is 4.60 Å². The van der Waals surface area contributed by atoms with E-state index in [4.69, 9.17) is 5.14 Å². The molecule has 0 fully saturated rings. The predicted molar refractivity (Wildman–Crippen MR) is 76.1 cm³/mol. The number of pyridine rings is 1. The topological polar surface area (TPSA) is 56.0 Å². The summed E-state index contributed by atoms with van der Waals surface area (Å²) < 4.78 is 11.9. The average molecular weight is 319 g/mol. The van der Waals surface area contributed by atoms with Crippen LogP contribution in [0.1, 0.15) is 44.4 Å². The Morgan fingerprint density at radius 2 is 2.12 bits per heavy atom. The van der Waals surface area contributed by atoms with Crippen molar-refractivity contribution < 1.29 is 4.21 Å². The van der Waals surface area contributed by atoms with E-state index < -0.39 is 15.7 Å². The summed E-state index contributed by atoms with van der Waals surface area (Å²) in [5.41, 5.74) is 2.18. The van der Waals surface area contributed by atoms with Gasteiger partial charge in [0.05, 0.1) is 15.7 Å². The second kappa shape index (κ2) is 5.59. The maximum Gasteiger partial charge on any atom is 0.106 e. The lowest BCUT2D eigenvalue weighted by atomic mass is 9.94. The fourth-order valence-corrected chi connectivity index (χ4v) is 2.81. The highest BCUT2D eigenvalue weighted by Crippen LogP contribution is 2.28. The van der Waals surface area contributed by atoms with Gasteiger partial charge in [-0.2, -0.15) is 0 Å². The molecule has 2 N–H and O–H groups in total. The van der Waals surface area contributed by atoms with Crippen LogP contribution in [0.2, 0.25) is 0 Å². The second-order valence-corrected chi connectivity index (χ2v) is 7.57. The summed E-state index contributed by atoms with van der Waals surface area (Å²) in [6.45, 7) is 7.96. The number of hydrogen-bond acceptors (Lipinski definition) is 2. The molecule has 3 nitrogen and oxygen atoms in total. The van der Waals surface area contributed by atoms with Crippen molar-refractivity contribution in [3.8, 4) is 0 Å². The lowest BCUT2D eigenvalue weighted by Crippen LogP contribution is -2.33. The molecule has 1 aromatic heterocycles. The molecule has 5 heteroatoms. The van der Waals surface area contributed by atoms with Gasteiger partial charge in [-0.3, -0.25) is 5.14 Å². The van der Waals surface area contributed by atoms with E-state index in [0.717, 1.165) is 16.7 Å². The minimum Gasteiger partial charge on any atom is -0.251 e. The van der Waals surface area contributed by atoms with Crippen LogP contribution in [0.4, 0.5) is 0 Å². The van der Waals surface area contributed by atoms with Gasteiger partial charge >= 0.3 is 0 Å². The molecular formula is C12H19BrN2OS. The Bertz CT molecular complexity index is 414. The normalized spacial score (nSPS) is 15.6. The maximum atomic E-state index is 11.4.